The molecule has 6 heteroatoms. The molecular formula is C20H26F2N2O2. The van der Waals surface area contributed by atoms with Gasteiger partial charge in [-0.2, -0.15) is 0 Å². The van der Waals surface area contributed by atoms with Gasteiger partial charge in [0, 0.05) is 56.1 Å². The molecule has 26 heavy (non-hydrogen) atoms. The lowest BCUT2D eigenvalue weighted by molar-refractivity contribution is -0.124. The molecule has 1 aliphatic heterocycles. The third-order valence-corrected chi connectivity index (χ3v) is 5.58. The monoisotopic (exact) mass is 364 g/mol. The van der Waals surface area contributed by atoms with Crippen LogP contribution in [0, 0.1) is 17.8 Å². The van der Waals surface area contributed by atoms with Crippen LogP contribution in [0.3, 0.4) is 0 Å². The second-order valence-corrected chi connectivity index (χ2v) is 7.88. The van der Waals surface area contributed by atoms with E-state index in [1.165, 1.54) is 18.2 Å². The van der Waals surface area contributed by atoms with Crippen LogP contribution in [0.25, 0.3) is 0 Å². The van der Waals surface area contributed by atoms with Crippen LogP contribution in [0.15, 0.2) is 24.3 Å². The number of anilines is 1. The van der Waals surface area contributed by atoms with Crippen LogP contribution in [0.1, 0.15) is 39.2 Å². The summed E-state index contributed by atoms with van der Waals surface area (Å²) in [7, 11) is 0. The second-order valence-electron chi connectivity index (χ2n) is 7.88. The first kappa shape index (κ1) is 19.0. The first-order valence-electron chi connectivity index (χ1n) is 9.22. The summed E-state index contributed by atoms with van der Waals surface area (Å²) in [4.78, 5) is 26.8. The van der Waals surface area contributed by atoms with Crippen molar-refractivity contribution in [1.82, 2.24) is 4.90 Å². The third kappa shape index (κ3) is 4.11. The van der Waals surface area contributed by atoms with Gasteiger partial charge in [0.1, 0.15) is 5.78 Å². The lowest BCUT2D eigenvalue weighted by atomic mass is 10.1. The Balaban J connectivity index is 1.45. The second kappa shape index (κ2) is 7.06. The van der Waals surface area contributed by atoms with Crippen LogP contribution < -0.4 is 5.32 Å². The van der Waals surface area contributed by atoms with Gasteiger partial charge in [-0.05, 0) is 37.8 Å². The van der Waals surface area contributed by atoms with Crippen molar-refractivity contribution in [3.05, 3.63) is 29.8 Å². The number of fused-ring (bicyclic) bond motifs is 1. The maximum atomic E-state index is 13.4. The summed E-state index contributed by atoms with van der Waals surface area (Å²) in [5, 5.41) is 2.61. The summed E-state index contributed by atoms with van der Waals surface area (Å²) in [6, 6.07) is 6.16. The number of nitrogens with one attached hydrogen (secondary N) is 1. The molecule has 3 rings (SSSR count). The van der Waals surface area contributed by atoms with Crippen molar-refractivity contribution in [3.8, 4) is 0 Å². The molecule has 142 valence electrons. The van der Waals surface area contributed by atoms with Gasteiger partial charge >= 0.3 is 0 Å². The SMILES string of the molecule is CC(C)N1C[C@@H]2C(C(=O)CCC(=O)Nc3cccc(C(C)(F)F)c3)[C@@H]2C1. The van der Waals surface area contributed by atoms with Crippen molar-refractivity contribution in [1.29, 1.82) is 0 Å². The van der Waals surface area contributed by atoms with Gasteiger partial charge in [0.25, 0.3) is 5.92 Å². The van der Waals surface area contributed by atoms with E-state index >= 15 is 0 Å². The quantitative estimate of drug-likeness (QED) is 0.803. The standard InChI is InChI=1S/C20H26F2N2O2/c1-12(2)24-10-15-16(11-24)19(15)17(25)7-8-18(26)23-14-6-4-5-13(9-14)20(3,21)22/h4-6,9,12,15-16,19H,7-8,10-11H2,1-3H3,(H,23,26)/t15-,16+,19?. The Kier molecular flexibility index (Phi) is 5.15. The highest BCUT2D eigenvalue weighted by Gasteiger charge is 2.58. The van der Waals surface area contributed by atoms with Crippen LogP contribution in [0.5, 0.6) is 0 Å². The minimum absolute atomic E-state index is 0.0927. The molecule has 4 nitrogen and oxygen atoms in total. The lowest BCUT2D eigenvalue weighted by Gasteiger charge is -2.23. The van der Waals surface area contributed by atoms with Crippen molar-refractivity contribution >= 4 is 17.4 Å². The Morgan fingerprint density at radius 1 is 1.23 bits per heavy atom. The van der Waals surface area contributed by atoms with Gasteiger partial charge in [-0.1, -0.05) is 12.1 Å². The fraction of sp³-hybridized carbons (Fsp3) is 0.600. The molecule has 1 N–H and O–H groups in total. The normalized spacial score (nSPS) is 25.2. The van der Waals surface area contributed by atoms with E-state index in [-0.39, 0.29) is 36.0 Å². The summed E-state index contributed by atoms with van der Waals surface area (Å²) in [5.74, 6) is -2.09. The van der Waals surface area contributed by atoms with Crippen molar-refractivity contribution < 1.29 is 18.4 Å². The first-order valence-corrected chi connectivity index (χ1v) is 9.22. The Bertz CT molecular complexity index is 687. The summed E-state index contributed by atoms with van der Waals surface area (Å²) in [6.45, 7) is 7.09. The molecule has 3 atom stereocenters. The van der Waals surface area contributed by atoms with Crippen LogP contribution in [0.2, 0.25) is 0 Å². The largest absolute Gasteiger partial charge is 0.326 e. The molecule has 0 spiro atoms. The van der Waals surface area contributed by atoms with Crippen molar-refractivity contribution in [3.63, 3.8) is 0 Å². The fourth-order valence-corrected chi connectivity index (χ4v) is 3.96. The molecule has 0 radical (unpaired) electrons. The van der Waals surface area contributed by atoms with Crippen LogP contribution in [-0.2, 0) is 15.5 Å². The van der Waals surface area contributed by atoms with Gasteiger partial charge in [0.15, 0.2) is 0 Å². The molecule has 1 aromatic rings. The number of alkyl halides is 2. The molecular weight excluding hydrogens is 338 g/mol. The predicted octanol–water partition coefficient (Wildman–Crippen LogP) is 3.67. The number of amides is 1. The topological polar surface area (TPSA) is 49.4 Å². The maximum Gasteiger partial charge on any atom is 0.270 e. The molecule has 1 heterocycles. The average molecular weight is 364 g/mol. The number of Topliss-reactive ketones (excluding diaryl/α,β-unsaturated/α-hetero) is 1. The van der Waals surface area contributed by atoms with Crippen LogP contribution >= 0.6 is 0 Å². The Labute approximate surface area is 152 Å². The molecule has 0 aromatic heterocycles. The molecule has 1 aromatic carbocycles. The minimum Gasteiger partial charge on any atom is -0.326 e. The molecule has 2 fully saturated rings. The van der Waals surface area contributed by atoms with Crippen LogP contribution in [0.4, 0.5) is 14.5 Å². The van der Waals surface area contributed by atoms with Gasteiger partial charge in [-0.15, -0.1) is 0 Å². The molecule has 2 aliphatic rings. The van der Waals surface area contributed by atoms with Crippen LogP contribution in [-0.4, -0.2) is 35.7 Å². The zero-order valence-electron chi connectivity index (χ0n) is 15.5. The van der Waals surface area contributed by atoms with Gasteiger partial charge in [0.05, 0.1) is 0 Å². The van der Waals surface area contributed by atoms with Gasteiger partial charge in [-0.3, -0.25) is 9.59 Å². The van der Waals surface area contributed by atoms with E-state index in [4.69, 9.17) is 0 Å². The highest BCUT2D eigenvalue weighted by atomic mass is 19.3. The predicted molar refractivity (Wildman–Crippen MR) is 96.1 cm³/mol. The summed E-state index contributed by atoms with van der Waals surface area (Å²) >= 11 is 0. The summed E-state index contributed by atoms with van der Waals surface area (Å²) < 4.78 is 26.7. The van der Waals surface area contributed by atoms with E-state index in [1.807, 2.05) is 0 Å². The number of carbonyl (C=O) groups excluding carboxylic acids is 2. The van der Waals surface area contributed by atoms with Gasteiger partial charge < -0.3 is 10.2 Å². The number of halogens is 2. The van der Waals surface area contributed by atoms with Gasteiger partial charge in [-0.25, -0.2) is 8.78 Å². The van der Waals surface area contributed by atoms with Crippen molar-refractivity contribution in [2.45, 2.75) is 45.6 Å². The number of hydrogen-bond acceptors (Lipinski definition) is 3. The van der Waals surface area contributed by atoms with Crippen molar-refractivity contribution in [2.24, 2.45) is 17.8 Å². The number of ketones is 1. The van der Waals surface area contributed by atoms with E-state index in [0.29, 0.717) is 23.6 Å². The highest BCUT2D eigenvalue weighted by Crippen LogP contribution is 2.53. The molecule has 1 saturated carbocycles. The minimum atomic E-state index is -2.95. The van der Waals surface area contributed by atoms with E-state index in [0.717, 1.165) is 20.0 Å². The molecule has 1 unspecified atom stereocenters. The fourth-order valence-electron chi connectivity index (χ4n) is 3.96. The number of benzene rings is 1. The number of hydrogen-bond donors (Lipinski definition) is 1. The Morgan fingerprint density at radius 2 is 1.88 bits per heavy atom. The van der Waals surface area contributed by atoms with Gasteiger partial charge in [0.2, 0.25) is 5.91 Å². The Morgan fingerprint density at radius 3 is 2.46 bits per heavy atom. The smallest absolute Gasteiger partial charge is 0.270 e. The number of nitrogens with zero attached hydrogens (tertiary/aromatic N) is 1. The molecule has 1 saturated heterocycles. The average Bonchev–Trinajstić information content (AvgIpc) is 3.05. The Hall–Kier alpha value is -1.82. The zero-order chi connectivity index (χ0) is 19.1. The number of carbonyl (C=O) groups is 2. The zero-order valence-corrected chi connectivity index (χ0v) is 15.5. The lowest BCUT2D eigenvalue weighted by Crippen LogP contribution is -2.32. The van der Waals surface area contributed by atoms with E-state index < -0.39 is 5.92 Å². The molecule has 1 amide bonds. The highest BCUT2D eigenvalue weighted by molar-refractivity contribution is 5.94. The molecule has 0 bridgehead atoms. The maximum absolute atomic E-state index is 13.4. The number of rotatable bonds is 7. The molecule has 1 aliphatic carbocycles. The summed E-state index contributed by atoms with van der Waals surface area (Å²) in [6.07, 6.45) is 0.310. The number of piperidine rings is 1. The van der Waals surface area contributed by atoms with Crippen molar-refractivity contribution in [2.75, 3.05) is 18.4 Å². The number of likely N-dealkylation sites (tertiary alicyclic amines) is 1. The van der Waals surface area contributed by atoms with E-state index in [1.54, 1.807) is 6.07 Å². The summed E-state index contributed by atoms with van der Waals surface area (Å²) in [5.41, 5.74) is 0.184. The third-order valence-electron chi connectivity index (χ3n) is 5.58. The van der Waals surface area contributed by atoms with E-state index in [2.05, 4.69) is 24.1 Å². The van der Waals surface area contributed by atoms with E-state index in [9.17, 15) is 18.4 Å². The first-order chi connectivity index (χ1) is 12.2.